The zero-order valence-corrected chi connectivity index (χ0v) is 12.2. The van der Waals surface area contributed by atoms with Gasteiger partial charge in [0.1, 0.15) is 11.6 Å². The number of hydrogen-bond donors (Lipinski definition) is 2. The molecule has 0 aliphatic carbocycles. The van der Waals surface area contributed by atoms with E-state index in [1.165, 1.54) is 0 Å². The molecule has 0 amide bonds. The van der Waals surface area contributed by atoms with Gasteiger partial charge in [-0.15, -0.1) is 0 Å². The number of halogens is 2. The van der Waals surface area contributed by atoms with E-state index in [1.807, 2.05) is 25.3 Å². The number of anilines is 2. The predicted molar refractivity (Wildman–Crippen MR) is 80.1 cm³/mol. The topological polar surface area (TPSA) is 49.8 Å². The average molecular weight is 297 g/mol. The van der Waals surface area contributed by atoms with Crippen LogP contribution in [0.15, 0.2) is 24.4 Å². The molecule has 0 bridgehead atoms. The maximum atomic E-state index is 6.10. The predicted octanol–water partition coefficient (Wildman–Crippen LogP) is 3.75. The summed E-state index contributed by atoms with van der Waals surface area (Å²) >= 11 is 12.1. The SMILES string of the molecule is CNc1nc(NCc2ccc(C)nc2)c(Cl)cc1Cl. The number of nitrogens with one attached hydrogen (secondary N) is 2. The number of pyridine rings is 2. The van der Waals surface area contributed by atoms with Crippen molar-refractivity contribution in [1.82, 2.24) is 9.97 Å². The Morgan fingerprint density at radius 2 is 1.89 bits per heavy atom. The Hall–Kier alpha value is -1.52. The van der Waals surface area contributed by atoms with E-state index in [9.17, 15) is 0 Å². The van der Waals surface area contributed by atoms with Crippen LogP contribution < -0.4 is 10.6 Å². The van der Waals surface area contributed by atoms with E-state index >= 15 is 0 Å². The Morgan fingerprint density at radius 1 is 1.16 bits per heavy atom. The van der Waals surface area contributed by atoms with Crippen LogP contribution in [0, 0.1) is 6.92 Å². The third kappa shape index (κ3) is 3.49. The molecule has 0 saturated carbocycles. The quantitative estimate of drug-likeness (QED) is 0.902. The van der Waals surface area contributed by atoms with Crippen molar-refractivity contribution < 1.29 is 0 Å². The average Bonchev–Trinajstić information content (AvgIpc) is 2.40. The molecule has 2 N–H and O–H groups in total. The highest BCUT2D eigenvalue weighted by Crippen LogP contribution is 2.29. The van der Waals surface area contributed by atoms with Gasteiger partial charge in [0.15, 0.2) is 0 Å². The van der Waals surface area contributed by atoms with Crippen LogP contribution in [0.25, 0.3) is 0 Å². The van der Waals surface area contributed by atoms with Crippen molar-refractivity contribution in [3.8, 4) is 0 Å². The highest BCUT2D eigenvalue weighted by Gasteiger charge is 2.08. The summed E-state index contributed by atoms with van der Waals surface area (Å²) in [5.74, 6) is 1.19. The van der Waals surface area contributed by atoms with Gasteiger partial charge in [0, 0.05) is 25.5 Å². The Labute approximate surface area is 122 Å². The van der Waals surface area contributed by atoms with Gasteiger partial charge >= 0.3 is 0 Å². The first-order valence-electron chi connectivity index (χ1n) is 5.79. The molecule has 2 rings (SSSR count). The van der Waals surface area contributed by atoms with Gasteiger partial charge in [0.25, 0.3) is 0 Å². The van der Waals surface area contributed by atoms with E-state index in [0.717, 1.165) is 11.3 Å². The minimum Gasteiger partial charge on any atom is -0.372 e. The molecule has 0 radical (unpaired) electrons. The van der Waals surface area contributed by atoms with Crippen molar-refractivity contribution in [3.05, 3.63) is 45.7 Å². The molecule has 2 aromatic rings. The lowest BCUT2D eigenvalue weighted by Crippen LogP contribution is -2.04. The molecular formula is C13H14Cl2N4. The number of nitrogens with zero attached hydrogens (tertiary/aromatic N) is 2. The second-order valence-corrected chi connectivity index (χ2v) is 4.88. The molecule has 0 fully saturated rings. The third-order valence-electron chi connectivity index (χ3n) is 2.60. The highest BCUT2D eigenvalue weighted by molar-refractivity contribution is 6.37. The Bertz CT molecular complexity index is 570. The van der Waals surface area contributed by atoms with Crippen molar-refractivity contribution >= 4 is 34.8 Å². The zero-order valence-electron chi connectivity index (χ0n) is 10.7. The van der Waals surface area contributed by atoms with E-state index < -0.39 is 0 Å². The summed E-state index contributed by atoms with van der Waals surface area (Å²) < 4.78 is 0. The number of aromatic nitrogens is 2. The summed E-state index contributed by atoms with van der Waals surface area (Å²) in [5, 5.41) is 7.07. The van der Waals surface area contributed by atoms with E-state index in [1.54, 1.807) is 13.1 Å². The van der Waals surface area contributed by atoms with Crippen LogP contribution in [-0.2, 0) is 6.54 Å². The highest BCUT2D eigenvalue weighted by atomic mass is 35.5. The largest absolute Gasteiger partial charge is 0.372 e. The van der Waals surface area contributed by atoms with Crippen molar-refractivity contribution in [1.29, 1.82) is 0 Å². The number of aryl methyl sites for hydroxylation is 1. The second kappa shape index (κ2) is 6.08. The Balaban J connectivity index is 2.13. The first kappa shape index (κ1) is 13.9. The van der Waals surface area contributed by atoms with E-state index in [2.05, 4.69) is 20.6 Å². The molecule has 100 valence electrons. The zero-order chi connectivity index (χ0) is 13.8. The smallest absolute Gasteiger partial charge is 0.147 e. The summed E-state index contributed by atoms with van der Waals surface area (Å²) in [5.41, 5.74) is 2.05. The molecule has 0 atom stereocenters. The van der Waals surface area contributed by atoms with Crippen LogP contribution in [-0.4, -0.2) is 17.0 Å². The Kier molecular flexibility index (Phi) is 4.45. The van der Waals surface area contributed by atoms with Gasteiger partial charge in [0.2, 0.25) is 0 Å². The molecule has 0 aliphatic rings. The van der Waals surface area contributed by atoms with Gasteiger partial charge in [-0.1, -0.05) is 29.3 Å². The fourth-order valence-electron chi connectivity index (χ4n) is 1.55. The number of hydrogen-bond acceptors (Lipinski definition) is 4. The minimum absolute atomic E-state index is 0.490. The fraction of sp³-hybridized carbons (Fsp3) is 0.231. The molecule has 2 heterocycles. The molecule has 0 saturated heterocycles. The Morgan fingerprint density at radius 3 is 2.53 bits per heavy atom. The molecule has 0 unspecified atom stereocenters. The molecule has 2 aromatic heterocycles. The summed E-state index contributed by atoms with van der Waals surface area (Å²) in [6, 6.07) is 5.64. The van der Waals surface area contributed by atoms with Crippen molar-refractivity contribution in [2.75, 3.05) is 17.7 Å². The molecule has 4 nitrogen and oxygen atoms in total. The summed E-state index contributed by atoms with van der Waals surface area (Å²) in [4.78, 5) is 8.55. The lowest BCUT2D eigenvalue weighted by molar-refractivity contribution is 1.07. The van der Waals surface area contributed by atoms with Gasteiger partial charge < -0.3 is 10.6 Å². The minimum atomic E-state index is 0.490. The van der Waals surface area contributed by atoms with Crippen LogP contribution in [0.1, 0.15) is 11.3 Å². The number of rotatable bonds is 4. The van der Waals surface area contributed by atoms with Gasteiger partial charge in [0.05, 0.1) is 10.0 Å². The molecule has 19 heavy (non-hydrogen) atoms. The van der Waals surface area contributed by atoms with Gasteiger partial charge in [-0.25, -0.2) is 4.98 Å². The van der Waals surface area contributed by atoms with Crippen LogP contribution in [0.3, 0.4) is 0 Å². The maximum absolute atomic E-state index is 6.10. The standard InChI is InChI=1S/C13H14Cl2N4/c1-8-3-4-9(6-17-8)7-18-13-11(15)5-10(14)12(16-2)19-13/h3-6H,7H2,1-2H3,(H2,16,18,19). The molecular weight excluding hydrogens is 283 g/mol. The van der Waals surface area contributed by atoms with E-state index in [4.69, 9.17) is 23.2 Å². The van der Waals surface area contributed by atoms with Crippen molar-refractivity contribution in [2.24, 2.45) is 0 Å². The normalized spacial score (nSPS) is 10.3. The second-order valence-electron chi connectivity index (χ2n) is 4.06. The van der Waals surface area contributed by atoms with Crippen LogP contribution in [0.2, 0.25) is 10.0 Å². The lowest BCUT2D eigenvalue weighted by atomic mass is 10.2. The fourth-order valence-corrected chi connectivity index (χ4v) is 2.07. The molecule has 0 aliphatic heterocycles. The van der Waals surface area contributed by atoms with Gasteiger partial charge in [-0.05, 0) is 24.6 Å². The summed E-state index contributed by atoms with van der Waals surface area (Å²) in [7, 11) is 1.76. The molecule has 6 heteroatoms. The van der Waals surface area contributed by atoms with Gasteiger partial charge in [-0.3, -0.25) is 4.98 Å². The molecule has 0 aromatic carbocycles. The van der Waals surface area contributed by atoms with Crippen LogP contribution >= 0.6 is 23.2 Å². The molecule has 0 spiro atoms. The first-order chi connectivity index (χ1) is 9.10. The van der Waals surface area contributed by atoms with Gasteiger partial charge in [-0.2, -0.15) is 0 Å². The van der Waals surface area contributed by atoms with Crippen LogP contribution in [0.4, 0.5) is 11.6 Å². The lowest BCUT2D eigenvalue weighted by Gasteiger charge is -2.10. The monoisotopic (exact) mass is 296 g/mol. The van der Waals surface area contributed by atoms with E-state index in [0.29, 0.717) is 28.2 Å². The summed E-state index contributed by atoms with van der Waals surface area (Å²) in [6.07, 6.45) is 1.82. The van der Waals surface area contributed by atoms with E-state index in [-0.39, 0.29) is 0 Å². The first-order valence-corrected chi connectivity index (χ1v) is 6.55. The third-order valence-corrected chi connectivity index (χ3v) is 3.18. The van der Waals surface area contributed by atoms with Crippen molar-refractivity contribution in [3.63, 3.8) is 0 Å². The summed E-state index contributed by atoms with van der Waals surface area (Å²) in [6.45, 7) is 2.55. The van der Waals surface area contributed by atoms with Crippen LogP contribution in [0.5, 0.6) is 0 Å². The maximum Gasteiger partial charge on any atom is 0.147 e. The van der Waals surface area contributed by atoms with Crippen molar-refractivity contribution in [2.45, 2.75) is 13.5 Å².